The van der Waals surface area contributed by atoms with Gasteiger partial charge in [0, 0.05) is 5.69 Å². The second-order valence-corrected chi connectivity index (χ2v) is 3.52. The average Bonchev–Trinajstić information content (AvgIpc) is 2.09. The molecule has 0 bridgehead atoms. The molecule has 0 fully saturated rings. The third kappa shape index (κ3) is 2.22. The van der Waals surface area contributed by atoms with E-state index >= 15 is 0 Å². The van der Waals surface area contributed by atoms with Crippen LogP contribution in [0.3, 0.4) is 0 Å². The highest BCUT2D eigenvalue weighted by molar-refractivity contribution is 5.41. The zero-order valence-corrected chi connectivity index (χ0v) is 7.99. The summed E-state index contributed by atoms with van der Waals surface area (Å²) >= 11 is 0. The maximum atomic E-state index is 8.94. The van der Waals surface area contributed by atoms with E-state index in [0.717, 1.165) is 11.3 Å². The van der Waals surface area contributed by atoms with Crippen LogP contribution in [0.15, 0.2) is 24.3 Å². The van der Waals surface area contributed by atoms with Gasteiger partial charge in [-0.25, -0.2) is 0 Å². The molecule has 0 radical (unpaired) electrons. The van der Waals surface area contributed by atoms with Crippen molar-refractivity contribution in [1.29, 1.82) is 5.26 Å². The number of anilines is 1. The van der Waals surface area contributed by atoms with Crippen molar-refractivity contribution in [3.63, 3.8) is 0 Å². The first-order valence-electron chi connectivity index (χ1n) is 4.40. The van der Waals surface area contributed by atoms with E-state index < -0.39 is 0 Å². The first-order valence-corrected chi connectivity index (χ1v) is 4.40. The third-order valence-electron chi connectivity index (χ3n) is 2.10. The molecule has 1 aromatic carbocycles. The topological polar surface area (TPSA) is 49.8 Å². The number of hydrogen-bond donors (Lipinski definition) is 1. The summed E-state index contributed by atoms with van der Waals surface area (Å²) in [6.07, 6.45) is 0. The predicted molar refractivity (Wildman–Crippen MR) is 54.0 cm³/mol. The molecule has 13 heavy (non-hydrogen) atoms. The maximum absolute atomic E-state index is 8.94. The second-order valence-electron chi connectivity index (χ2n) is 3.52. The van der Waals surface area contributed by atoms with Crippen molar-refractivity contribution in [2.45, 2.75) is 19.8 Å². The molecule has 2 N–H and O–H groups in total. The lowest BCUT2D eigenvalue weighted by Crippen LogP contribution is -2.03. The van der Waals surface area contributed by atoms with Crippen LogP contribution in [0.2, 0.25) is 0 Å². The van der Waals surface area contributed by atoms with Crippen molar-refractivity contribution in [3.8, 4) is 6.07 Å². The molecule has 1 aromatic rings. The van der Waals surface area contributed by atoms with Gasteiger partial charge in [0.05, 0.1) is 12.0 Å². The Kier molecular flexibility index (Phi) is 2.92. The van der Waals surface area contributed by atoms with Crippen LogP contribution in [0.25, 0.3) is 0 Å². The molecule has 0 aromatic heterocycles. The summed E-state index contributed by atoms with van der Waals surface area (Å²) in [5.74, 6) is 0.314. The van der Waals surface area contributed by atoms with Gasteiger partial charge in [-0.05, 0) is 23.6 Å². The van der Waals surface area contributed by atoms with Gasteiger partial charge >= 0.3 is 0 Å². The Morgan fingerprint density at radius 1 is 1.23 bits per heavy atom. The van der Waals surface area contributed by atoms with Gasteiger partial charge in [-0.15, -0.1) is 0 Å². The van der Waals surface area contributed by atoms with Crippen LogP contribution >= 0.6 is 0 Å². The van der Waals surface area contributed by atoms with E-state index in [4.69, 9.17) is 11.0 Å². The summed E-state index contributed by atoms with van der Waals surface area (Å²) in [4.78, 5) is 0. The van der Waals surface area contributed by atoms with E-state index in [1.54, 1.807) is 0 Å². The van der Waals surface area contributed by atoms with Crippen molar-refractivity contribution < 1.29 is 0 Å². The second kappa shape index (κ2) is 3.95. The van der Waals surface area contributed by atoms with E-state index in [0.29, 0.717) is 5.92 Å². The van der Waals surface area contributed by atoms with Crippen LogP contribution in [-0.2, 0) is 0 Å². The molecule has 2 heteroatoms. The Morgan fingerprint density at radius 3 is 2.15 bits per heavy atom. The molecule has 0 amide bonds. The lowest BCUT2D eigenvalue weighted by molar-refractivity contribution is 0.587. The molecule has 1 rings (SSSR count). The zero-order chi connectivity index (χ0) is 9.84. The van der Waals surface area contributed by atoms with Crippen LogP contribution < -0.4 is 5.73 Å². The summed E-state index contributed by atoms with van der Waals surface area (Å²) in [5, 5.41) is 8.94. The highest BCUT2D eigenvalue weighted by atomic mass is 14.5. The molecular formula is C11H14N2. The van der Waals surface area contributed by atoms with Crippen molar-refractivity contribution in [2.75, 3.05) is 5.73 Å². The van der Waals surface area contributed by atoms with Gasteiger partial charge in [-0.2, -0.15) is 5.26 Å². The Bertz CT molecular complexity index is 306. The van der Waals surface area contributed by atoms with E-state index in [2.05, 4.69) is 6.07 Å². The van der Waals surface area contributed by atoms with E-state index in [1.807, 2.05) is 38.1 Å². The number of hydrogen-bond acceptors (Lipinski definition) is 2. The summed E-state index contributed by atoms with van der Waals surface area (Å²) in [5.41, 5.74) is 7.35. The zero-order valence-electron chi connectivity index (χ0n) is 7.99. The van der Waals surface area contributed by atoms with Crippen LogP contribution in [0.1, 0.15) is 25.3 Å². The van der Waals surface area contributed by atoms with Gasteiger partial charge in [0.2, 0.25) is 0 Å². The molecule has 0 aliphatic heterocycles. The van der Waals surface area contributed by atoms with Crippen LogP contribution in [0.5, 0.6) is 0 Å². The number of benzene rings is 1. The fraction of sp³-hybridized carbons (Fsp3) is 0.364. The Morgan fingerprint density at radius 2 is 1.77 bits per heavy atom. The van der Waals surface area contributed by atoms with E-state index in [9.17, 15) is 0 Å². The molecule has 1 unspecified atom stereocenters. The van der Waals surface area contributed by atoms with Crippen LogP contribution in [0.4, 0.5) is 5.69 Å². The monoisotopic (exact) mass is 174 g/mol. The molecule has 68 valence electrons. The number of nitrogens with two attached hydrogens (primary N) is 1. The highest BCUT2D eigenvalue weighted by Gasteiger charge is 2.13. The molecule has 1 atom stereocenters. The van der Waals surface area contributed by atoms with E-state index in [1.165, 1.54) is 0 Å². The van der Waals surface area contributed by atoms with Gasteiger partial charge in [0.15, 0.2) is 0 Å². The number of nitrogens with zero attached hydrogens (tertiary/aromatic N) is 1. The predicted octanol–water partition coefficient (Wildman–Crippen LogP) is 2.53. The lowest BCUT2D eigenvalue weighted by atomic mass is 9.90. The molecule has 0 heterocycles. The van der Waals surface area contributed by atoms with Gasteiger partial charge in [-0.1, -0.05) is 26.0 Å². The minimum absolute atomic E-state index is 0.0272. The molecule has 0 spiro atoms. The van der Waals surface area contributed by atoms with Crippen LogP contribution in [0, 0.1) is 17.2 Å². The lowest BCUT2D eigenvalue weighted by Gasteiger charge is -2.12. The first kappa shape index (κ1) is 9.60. The Labute approximate surface area is 79.0 Å². The summed E-state index contributed by atoms with van der Waals surface area (Å²) in [7, 11) is 0. The van der Waals surface area contributed by atoms with Crippen molar-refractivity contribution in [2.24, 2.45) is 5.92 Å². The minimum atomic E-state index is -0.0272. The van der Waals surface area contributed by atoms with Crippen molar-refractivity contribution in [3.05, 3.63) is 29.8 Å². The smallest absolute Gasteiger partial charge is 0.0735 e. The number of nitriles is 1. The van der Waals surface area contributed by atoms with Crippen molar-refractivity contribution >= 4 is 5.69 Å². The Balaban J connectivity index is 2.94. The summed E-state index contributed by atoms with van der Waals surface area (Å²) < 4.78 is 0. The minimum Gasteiger partial charge on any atom is -0.399 e. The van der Waals surface area contributed by atoms with Crippen LogP contribution in [-0.4, -0.2) is 0 Å². The highest BCUT2D eigenvalue weighted by Crippen LogP contribution is 2.23. The number of rotatable bonds is 2. The summed E-state index contributed by atoms with van der Waals surface area (Å²) in [6.45, 7) is 4.09. The number of nitrogen functional groups attached to an aromatic ring is 1. The molecule has 0 saturated carbocycles. The van der Waals surface area contributed by atoms with E-state index in [-0.39, 0.29) is 5.92 Å². The standard InChI is InChI=1S/C11H14N2/c1-8(2)11(7-12)9-3-5-10(13)6-4-9/h3-6,8,11H,13H2,1-2H3. The molecule has 0 aliphatic carbocycles. The molecule has 2 nitrogen and oxygen atoms in total. The summed E-state index contributed by atoms with van der Waals surface area (Å²) in [6, 6.07) is 9.81. The fourth-order valence-electron chi connectivity index (χ4n) is 1.31. The normalized spacial score (nSPS) is 12.5. The largest absolute Gasteiger partial charge is 0.399 e. The molecule has 0 aliphatic rings. The SMILES string of the molecule is CC(C)C(C#N)c1ccc(N)cc1. The van der Waals surface area contributed by atoms with Crippen molar-refractivity contribution in [1.82, 2.24) is 0 Å². The van der Waals surface area contributed by atoms with Gasteiger partial charge < -0.3 is 5.73 Å². The molecule has 0 saturated heterocycles. The van der Waals surface area contributed by atoms with Gasteiger partial charge in [-0.3, -0.25) is 0 Å². The first-order chi connectivity index (χ1) is 6.15. The van der Waals surface area contributed by atoms with Gasteiger partial charge in [0.1, 0.15) is 0 Å². The maximum Gasteiger partial charge on any atom is 0.0735 e. The fourth-order valence-corrected chi connectivity index (χ4v) is 1.31. The Hall–Kier alpha value is -1.49. The quantitative estimate of drug-likeness (QED) is 0.700. The molecular weight excluding hydrogens is 160 g/mol. The average molecular weight is 174 g/mol. The van der Waals surface area contributed by atoms with Gasteiger partial charge in [0.25, 0.3) is 0 Å². The third-order valence-corrected chi connectivity index (χ3v) is 2.10.